The van der Waals surface area contributed by atoms with Crippen molar-refractivity contribution >= 4 is 78.4 Å². The first-order chi connectivity index (χ1) is 16.5. The largest absolute Gasteiger partial charge is 0.480 e. The molecular formula is C21H29N3O6S5. The smallest absolute Gasteiger partial charge is 0.299 e. The van der Waals surface area contributed by atoms with Gasteiger partial charge in [-0.3, -0.25) is 29.4 Å². The first kappa shape index (κ1) is 28.6. The van der Waals surface area contributed by atoms with Gasteiger partial charge in [-0.05, 0) is 50.8 Å². The van der Waals surface area contributed by atoms with Gasteiger partial charge in [0.25, 0.3) is 17.8 Å². The second kappa shape index (κ2) is 13.0. The Hall–Kier alpha value is -0.930. The molecule has 0 radical (unpaired) electrons. The fourth-order valence-corrected chi connectivity index (χ4v) is 11.7. The minimum Gasteiger partial charge on any atom is -0.480 e. The van der Waals surface area contributed by atoms with Gasteiger partial charge in [-0.2, -0.15) is 0 Å². The monoisotopic (exact) mass is 579 g/mol. The minimum absolute atomic E-state index is 0.0629. The van der Waals surface area contributed by atoms with Crippen LogP contribution in [0.25, 0.3) is 0 Å². The van der Waals surface area contributed by atoms with Gasteiger partial charge < -0.3 is 15.2 Å². The number of nitrogens with one attached hydrogen (secondary N) is 2. The fraction of sp³-hybridized carbons (Fsp3) is 0.619. The van der Waals surface area contributed by atoms with E-state index in [4.69, 9.17) is 4.74 Å². The predicted octanol–water partition coefficient (Wildman–Crippen LogP) is 3.75. The number of ketones is 1. The molecule has 14 heteroatoms. The molecule has 0 aromatic heterocycles. The van der Waals surface area contributed by atoms with Crippen LogP contribution in [0.5, 0.6) is 0 Å². The number of unbranched alkanes of at least 4 members (excludes halogenated alkanes) is 1. The summed E-state index contributed by atoms with van der Waals surface area (Å²) >= 11 is 1.45. The van der Waals surface area contributed by atoms with Crippen LogP contribution in [-0.2, 0) is 23.9 Å². The maximum atomic E-state index is 13.1. The van der Waals surface area contributed by atoms with Gasteiger partial charge in [-0.1, -0.05) is 44.1 Å². The molecule has 0 spiro atoms. The molecule has 194 valence electrons. The summed E-state index contributed by atoms with van der Waals surface area (Å²) in [6, 6.07) is -0.312. The van der Waals surface area contributed by atoms with E-state index in [0.717, 1.165) is 11.3 Å². The second-order valence-electron chi connectivity index (χ2n) is 8.84. The Kier molecular flexibility index (Phi) is 10.7. The van der Waals surface area contributed by atoms with E-state index < -0.39 is 17.4 Å². The summed E-state index contributed by atoms with van der Waals surface area (Å²) in [6.45, 7) is 6.12. The van der Waals surface area contributed by atoms with Gasteiger partial charge in [0.1, 0.15) is 19.1 Å². The van der Waals surface area contributed by atoms with Crippen molar-refractivity contribution < 1.29 is 29.0 Å². The molecule has 3 atom stereocenters. The van der Waals surface area contributed by atoms with Crippen LogP contribution < -0.4 is 10.6 Å². The Balaban J connectivity index is 1.42. The number of thioether (sulfide) groups is 1. The molecule has 0 aromatic carbocycles. The third-order valence-corrected chi connectivity index (χ3v) is 13.2. The van der Waals surface area contributed by atoms with Crippen molar-refractivity contribution in [3.8, 4) is 0 Å². The third kappa shape index (κ3) is 8.85. The van der Waals surface area contributed by atoms with Crippen LogP contribution in [0.3, 0.4) is 0 Å². The minimum atomic E-state index is -0.524. The summed E-state index contributed by atoms with van der Waals surface area (Å²) in [5, 5.41) is 16.7. The van der Waals surface area contributed by atoms with Crippen LogP contribution in [0.4, 0.5) is 0 Å². The standard InChI is InChI=1S/C21H29N3O6S5/c1-21(2,3)30-17(29)19-31-20-23-12(16(28)18(32-34-19)33-35-20)6-4-5-10-22-13(25)9-11-24-14(26)7-8-15(24)27/h7-8,12,18,20,23,29H,4-6,9-11H2,1-3H3,(H,22,25)/b19-17-. The molecule has 2 fully saturated rings. The molecule has 2 bridgehead atoms. The number of rotatable bonds is 9. The van der Waals surface area contributed by atoms with Gasteiger partial charge in [-0.15, -0.1) is 0 Å². The lowest BCUT2D eigenvalue weighted by Crippen LogP contribution is -2.41. The van der Waals surface area contributed by atoms with E-state index in [1.165, 1.54) is 56.3 Å². The maximum absolute atomic E-state index is 13.1. The average Bonchev–Trinajstić information content (AvgIpc) is 3.02. The van der Waals surface area contributed by atoms with Crippen molar-refractivity contribution in [3.63, 3.8) is 0 Å². The summed E-state index contributed by atoms with van der Waals surface area (Å²) in [4.78, 5) is 49.2. The number of ether oxygens (including phenoxy) is 1. The molecule has 3 N–H and O–H groups in total. The fourth-order valence-electron chi connectivity index (χ4n) is 3.21. The zero-order chi connectivity index (χ0) is 25.6. The summed E-state index contributed by atoms with van der Waals surface area (Å²) in [5.41, 5.74) is -0.524. The van der Waals surface area contributed by atoms with Crippen LogP contribution in [0.15, 0.2) is 22.3 Å². The molecule has 2 saturated heterocycles. The van der Waals surface area contributed by atoms with Gasteiger partial charge >= 0.3 is 0 Å². The molecule has 3 unspecified atom stereocenters. The SMILES string of the molecule is CC(C)(C)O/C(O)=C1\SSC2SSC(NC(CCCCNC(=O)CCN3C(=O)C=CC3=O)C2=O)S1. The number of hydrogen-bond acceptors (Lipinski definition) is 12. The summed E-state index contributed by atoms with van der Waals surface area (Å²) in [6.07, 6.45) is 4.55. The van der Waals surface area contributed by atoms with Crippen molar-refractivity contribution in [2.24, 2.45) is 0 Å². The van der Waals surface area contributed by atoms with E-state index in [2.05, 4.69) is 10.6 Å². The summed E-state index contributed by atoms with van der Waals surface area (Å²) in [7, 11) is 5.91. The van der Waals surface area contributed by atoms with Gasteiger partial charge in [0.2, 0.25) is 5.91 Å². The number of carbonyl (C=O) groups is 4. The predicted molar refractivity (Wildman–Crippen MR) is 145 cm³/mol. The first-order valence-electron chi connectivity index (χ1n) is 11.1. The molecular weight excluding hydrogens is 551 g/mol. The summed E-state index contributed by atoms with van der Waals surface area (Å²) < 4.78 is 5.88. The maximum Gasteiger partial charge on any atom is 0.299 e. The van der Waals surface area contributed by atoms with Crippen molar-refractivity contribution in [3.05, 3.63) is 22.3 Å². The zero-order valence-electron chi connectivity index (χ0n) is 19.6. The molecule has 35 heavy (non-hydrogen) atoms. The highest BCUT2D eigenvalue weighted by molar-refractivity contribution is 8.89. The highest BCUT2D eigenvalue weighted by Crippen LogP contribution is 2.56. The molecule has 0 aromatic rings. The quantitative estimate of drug-likeness (QED) is 0.159. The van der Waals surface area contributed by atoms with Crippen LogP contribution in [-0.4, -0.2) is 67.5 Å². The number of aliphatic hydroxyl groups is 1. The van der Waals surface area contributed by atoms with E-state index in [1.807, 2.05) is 20.8 Å². The number of imide groups is 1. The lowest BCUT2D eigenvalue weighted by atomic mass is 10.1. The van der Waals surface area contributed by atoms with Crippen LogP contribution in [0.1, 0.15) is 46.5 Å². The molecule has 3 aliphatic rings. The Morgan fingerprint density at radius 3 is 2.54 bits per heavy atom. The Morgan fingerprint density at radius 1 is 1.14 bits per heavy atom. The molecule has 0 aliphatic carbocycles. The lowest BCUT2D eigenvalue weighted by Gasteiger charge is -2.24. The zero-order valence-corrected chi connectivity index (χ0v) is 23.7. The number of aliphatic hydroxyl groups excluding tert-OH is 1. The normalized spacial score (nSPS) is 26.4. The molecule has 9 nitrogen and oxygen atoms in total. The molecule has 0 saturated carbocycles. The Morgan fingerprint density at radius 2 is 1.86 bits per heavy atom. The van der Waals surface area contributed by atoms with E-state index in [1.54, 1.807) is 10.8 Å². The van der Waals surface area contributed by atoms with E-state index in [9.17, 15) is 24.3 Å². The van der Waals surface area contributed by atoms with Crippen molar-refractivity contribution in [1.82, 2.24) is 15.5 Å². The topological polar surface area (TPSA) is 125 Å². The van der Waals surface area contributed by atoms with Crippen LogP contribution in [0.2, 0.25) is 0 Å². The molecule has 3 heterocycles. The highest BCUT2D eigenvalue weighted by atomic mass is 33.1. The average molecular weight is 580 g/mol. The van der Waals surface area contributed by atoms with Crippen molar-refractivity contribution in [2.45, 2.75) is 67.4 Å². The van der Waals surface area contributed by atoms with Crippen LogP contribution in [0, 0.1) is 0 Å². The third-order valence-electron chi connectivity index (χ3n) is 4.85. The van der Waals surface area contributed by atoms with Crippen molar-refractivity contribution in [1.29, 1.82) is 0 Å². The number of Topliss-reactive ketones (excluding diaryl/α,β-unsaturated/α-hetero) is 1. The number of amides is 3. The van der Waals surface area contributed by atoms with Gasteiger partial charge in [0.15, 0.2) is 5.78 Å². The summed E-state index contributed by atoms with van der Waals surface area (Å²) in [5.74, 6) is -1.00. The van der Waals surface area contributed by atoms with E-state index in [0.29, 0.717) is 23.6 Å². The van der Waals surface area contributed by atoms with E-state index in [-0.39, 0.29) is 45.9 Å². The first-order valence-corrected chi connectivity index (χ1v) is 16.4. The molecule has 3 rings (SSSR count). The number of hydrogen-bond donors (Lipinski definition) is 3. The Labute approximate surface area is 224 Å². The molecule has 3 amide bonds. The second-order valence-corrected chi connectivity index (χ2v) is 15.6. The lowest BCUT2D eigenvalue weighted by molar-refractivity contribution is -0.137. The number of nitrogens with zero attached hydrogens (tertiary/aromatic N) is 1. The van der Waals surface area contributed by atoms with E-state index >= 15 is 0 Å². The van der Waals surface area contributed by atoms with Gasteiger partial charge in [0, 0.05) is 31.7 Å². The highest BCUT2D eigenvalue weighted by Gasteiger charge is 2.38. The molecule has 3 aliphatic heterocycles. The number of fused-ring (bicyclic) bond motifs is 3. The van der Waals surface area contributed by atoms with Gasteiger partial charge in [0.05, 0.1) is 6.04 Å². The van der Waals surface area contributed by atoms with Crippen molar-refractivity contribution in [2.75, 3.05) is 13.1 Å². The van der Waals surface area contributed by atoms with Gasteiger partial charge in [-0.25, -0.2) is 0 Å². The number of carbonyl (C=O) groups excluding carboxylic acids is 4. The Bertz CT molecular complexity index is 888. The van der Waals surface area contributed by atoms with Crippen LogP contribution >= 0.6 is 54.9 Å².